The van der Waals surface area contributed by atoms with Gasteiger partial charge >= 0.3 is 5.88 Å². The fourth-order valence-corrected chi connectivity index (χ4v) is 4.12. The van der Waals surface area contributed by atoms with Crippen LogP contribution in [0.3, 0.4) is 0 Å². The summed E-state index contributed by atoms with van der Waals surface area (Å²) in [5.41, 5.74) is 0.845. The Hall–Kier alpha value is -2.79. The van der Waals surface area contributed by atoms with Crippen LogP contribution in [0.25, 0.3) is 0 Å². The molecule has 2 aromatic rings. The molecule has 0 saturated carbocycles. The number of hydrogen-bond acceptors (Lipinski definition) is 8. The van der Waals surface area contributed by atoms with Crippen LogP contribution in [0, 0.1) is 10.1 Å². The predicted molar refractivity (Wildman–Crippen MR) is 93.5 cm³/mol. The zero-order chi connectivity index (χ0) is 19.0. The number of ether oxygens (including phenoxy) is 1. The van der Waals surface area contributed by atoms with Crippen molar-refractivity contribution in [2.45, 2.75) is 31.9 Å². The Bertz CT molecular complexity index is 901. The van der Waals surface area contributed by atoms with Crippen LogP contribution in [0.2, 0.25) is 0 Å². The van der Waals surface area contributed by atoms with E-state index in [0.29, 0.717) is 37.7 Å². The second-order valence-corrected chi connectivity index (χ2v) is 7.34. The van der Waals surface area contributed by atoms with Crippen molar-refractivity contribution in [3.63, 3.8) is 0 Å². The Labute approximate surface area is 157 Å². The predicted octanol–water partition coefficient (Wildman–Crippen LogP) is 1.96. The summed E-state index contributed by atoms with van der Waals surface area (Å²) in [6, 6.07) is 2.46. The molecule has 0 spiro atoms. The molecule has 2 aromatic heterocycles. The number of nitrogens with one attached hydrogen (secondary N) is 1. The Morgan fingerprint density at radius 3 is 2.96 bits per heavy atom. The van der Waals surface area contributed by atoms with E-state index in [0.717, 1.165) is 23.1 Å². The highest BCUT2D eigenvalue weighted by Gasteiger charge is 2.29. The standard InChI is InChI=1S/C16H16N4O6S/c21-14(10-2-1-7-25-10)18-16-17-9-5-6-19(8-12(9)27-16)15(22)11-3-4-13(26-11)20(23)24/h3-4,10H,1-2,5-8H2,(H,17,18,21). The van der Waals surface area contributed by atoms with E-state index < -0.39 is 22.8 Å². The minimum Gasteiger partial charge on any atom is -0.395 e. The number of nitro groups is 1. The first-order valence-electron chi connectivity index (χ1n) is 8.46. The lowest BCUT2D eigenvalue weighted by Gasteiger charge is -2.24. The summed E-state index contributed by atoms with van der Waals surface area (Å²) in [7, 11) is 0. The van der Waals surface area contributed by atoms with Gasteiger partial charge < -0.3 is 14.1 Å². The SMILES string of the molecule is O=C(Nc1nc2c(s1)CN(C(=O)c1ccc([N+](=O)[O-])o1)CC2)C1CCCO1. The summed E-state index contributed by atoms with van der Waals surface area (Å²) in [4.78, 5) is 41.5. The van der Waals surface area contributed by atoms with Crippen LogP contribution in [0.4, 0.5) is 11.0 Å². The number of furan rings is 1. The van der Waals surface area contributed by atoms with Gasteiger partial charge in [-0.1, -0.05) is 11.3 Å². The summed E-state index contributed by atoms with van der Waals surface area (Å²) in [6.07, 6.45) is 1.68. The topological polar surface area (TPSA) is 128 Å². The lowest BCUT2D eigenvalue weighted by molar-refractivity contribution is -0.402. The molecule has 0 aromatic carbocycles. The van der Waals surface area contributed by atoms with Crippen LogP contribution in [0.15, 0.2) is 16.5 Å². The van der Waals surface area contributed by atoms with Crippen LogP contribution >= 0.6 is 11.3 Å². The van der Waals surface area contributed by atoms with E-state index in [1.807, 2.05) is 0 Å². The second-order valence-electron chi connectivity index (χ2n) is 6.25. The Morgan fingerprint density at radius 1 is 1.41 bits per heavy atom. The third-order valence-corrected chi connectivity index (χ3v) is 5.45. The van der Waals surface area contributed by atoms with Crippen LogP contribution in [0.1, 0.15) is 34.0 Å². The fraction of sp³-hybridized carbons (Fsp3) is 0.438. The Kier molecular flexibility index (Phi) is 4.62. The summed E-state index contributed by atoms with van der Waals surface area (Å²) in [5, 5.41) is 14.0. The molecule has 27 heavy (non-hydrogen) atoms. The highest BCUT2D eigenvalue weighted by atomic mass is 32.1. The van der Waals surface area contributed by atoms with Crippen molar-refractivity contribution in [1.82, 2.24) is 9.88 Å². The smallest absolute Gasteiger partial charge is 0.395 e. The molecule has 0 aliphatic carbocycles. The first kappa shape index (κ1) is 17.6. The molecule has 11 heteroatoms. The number of carbonyl (C=O) groups excluding carboxylic acids is 2. The van der Waals surface area contributed by atoms with Crippen LogP contribution in [0.5, 0.6) is 0 Å². The molecule has 142 valence electrons. The summed E-state index contributed by atoms with van der Waals surface area (Å²) in [6.45, 7) is 1.33. The van der Waals surface area contributed by atoms with Gasteiger partial charge in [-0.25, -0.2) is 4.98 Å². The highest BCUT2D eigenvalue weighted by molar-refractivity contribution is 7.15. The van der Waals surface area contributed by atoms with Crippen molar-refractivity contribution in [2.24, 2.45) is 0 Å². The number of amides is 2. The molecule has 1 saturated heterocycles. The van der Waals surface area contributed by atoms with E-state index in [2.05, 4.69) is 10.3 Å². The molecule has 1 atom stereocenters. The maximum Gasteiger partial charge on any atom is 0.433 e. The van der Waals surface area contributed by atoms with Gasteiger partial charge in [-0.05, 0) is 18.9 Å². The van der Waals surface area contributed by atoms with Crippen LogP contribution < -0.4 is 5.32 Å². The first-order valence-corrected chi connectivity index (χ1v) is 9.27. The number of nitrogens with zero attached hydrogens (tertiary/aromatic N) is 3. The molecular weight excluding hydrogens is 376 g/mol. The molecule has 0 bridgehead atoms. The molecule has 2 amide bonds. The third kappa shape index (κ3) is 3.55. The van der Waals surface area contributed by atoms with E-state index in [4.69, 9.17) is 9.15 Å². The summed E-state index contributed by atoms with van der Waals surface area (Å²) >= 11 is 1.32. The van der Waals surface area contributed by atoms with Gasteiger partial charge in [0.05, 0.1) is 18.3 Å². The van der Waals surface area contributed by atoms with E-state index >= 15 is 0 Å². The largest absolute Gasteiger partial charge is 0.433 e. The Morgan fingerprint density at radius 2 is 2.26 bits per heavy atom. The van der Waals surface area contributed by atoms with Crippen molar-refractivity contribution in [2.75, 3.05) is 18.5 Å². The number of carbonyl (C=O) groups is 2. The number of thiazole rings is 1. The van der Waals surface area contributed by atoms with Gasteiger partial charge in [-0.3, -0.25) is 25.0 Å². The van der Waals surface area contributed by atoms with Crippen LogP contribution in [-0.2, 0) is 22.5 Å². The maximum atomic E-state index is 12.5. The molecule has 4 heterocycles. The number of rotatable bonds is 4. The van der Waals surface area contributed by atoms with Crippen molar-refractivity contribution >= 4 is 34.2 Å². The lowest BCUT2D eigenvalue weighted by Crippen LogP contribution is -2.35. The minimum absolute atomic E-state index is 0.0680. The molecule has 1 fully saturated rings. The fourth-order valence-electron chi connectivity index (χ4n) is 3.09. The third-order valence-electron chi connectivity index (χ3n) is 4.45. The molecule has 4 rings (SSSR count). The zero-order valence-corrected chi connectivity index (χ0v) is 15.0. The van der Waals surface area contributed by atoms with Gasteiger partial charge in [0.25, 0.3) is 11.8 Å². The van der Waals surface area contributed by atoms with Crippen LogP contribution in [-0.4, -0.2) is 45.9 Å². The van der Waals surface area contributed by atoms with Gasteiger partial charge in [-0.15, -0.1) is 0 Å². The van der Waals surface area contributed by atoms with E-state index in [9.17, 15) is 19.7 Å². The summed E-state index contributed by atoms with van der Waals surface area (Å²) < 4.78 is 10.3. The number of fused-ring (bicyclic) bond motifs is 1. The normalized spacial score (nSPS) is 19.0. The summed E-state index contributed by atoms with van der Waals surface area (Å²) in [5.74, 6) is -1.14. The van der Waals surface area contributed by atoms with E-state index in [-0.39, 0.29) is 11.7 Å². The molecule has 2 aliphatic rings. The van der Waals surface area contributed by atoms with Crippen molar-refractivity contribution in [3.05, 3.63) is 38.6 Å². The van der Waals surface area contributed by atoms with Gasteiger partial charge in [0.1, 0.15) is 11.0 Å². The first-order chi connectivity index (χ1) is 13.0. The molecule has 0 radical (unpaired) electrons. The average molecular weight is 392 g/mol. The molecular formula is C16H16N4O6S. The van der Waals surface area contributed by atoms with Gasteiger partial charge in [0, 0.05) is 24.4 Å². The molecule has 1 N–H and O–H groups in total. The molecule has 10 nitrogen and oxygen atoms in total. The van der Waals surface area contributed by atoms with Crippen molar-refractivity contribution in [1.29, 1.82) is 0 Å². The van der Waals surface area contributed by atoms with Gasteiger partial charge in [-0.2, -0.15) is 0 Å². The van der Waals surface area contributed by atoms with Gasteiger partial charge in [0.2, 0.25) is 0 Å². The number of hydrogen-bond donors (Lipinski definition) is 1. The van der Waals surface area contributed by atoms with Gasteiger partial charge in [0.15, 0.2) is 10.9 Å². The minimum atomic E-state index is -0.683. The van der Waals surface area contributed by atoms with E-state index in [1.54, 1.807) is 4.90 Å². The monoisotopic (exact) mass is 392 g/mol. The lowest BCUT2D eigenvalue weighted by atomic mass is 10.1. The highest BCUT2D eigenvalue weighted by Crippen LogP contribution is 2.30. The zero-order valence-electron chi connectivity index (χ0n) is 14.2. The molecule has 2 aliphatic heterocycles. The molecule has 1 unspecified atom stereocenters. The van der Waals surface area contributed by atoms with Crippen molar-refractivity contribution < 1.29 is 23.7 Å². The second kappa shape index (κ2) is 7.08. The number of aromatic nitrogens is 1. The Balaban J connectivity index is 1.43. The number of anilines is 1. The average Bonchev–Trinajstić information content (AvgIpc) is 3.39. The quantitative estimate of drug-likeness (QED) is 0.622. The maximum absolute atomic E-state index is 12.5. The van der Waals surface area contributed by atoms with Crippen molar-refractivity contribution in [3.8, 4) is 0 Å². The van der Waals surface area contributed by atoms with E-state index in [1.165, 1.54) is 17.4 Å².